The minimum Gasteiger partial charge on any atom is -0.300 e. The van der Waals surface area contributed by atoms with Gasteiger partial charge in [-0.05, 0) is 19.3 Å². The molecule has 0 fully saturated rings. The summed E-state index contributed by atoms with van der Waals surface area (Å²) >= 11 is 0. The predicted octanol–water partition coefficient (Wildman–Crippen LogP) is 3.76. The first-order chi connectivity index (χ1) is 7.31. The standard InChI is InChI=1S/C13H26NO/c1-2-3-10-13(15)11-8-6-4-5-7-9-12-14/h14H,2-12H2,1H3. The van der Waals surface area contributed by atoms with Gasteiger partial charge in [0.2, 0.25) is 0 Å². The Hall–Kier alpha value is -0.370. The molecule has 0 heterocycles. The predicted molar refractivity (Wildman–Crippen MR) is 64.8 cm³/mol. The van der Waals surface area contributed by atoms with E-state index >= 15 is 0 Å². The van der Waals surface area contributed by atoms with E-state index in [0.717, 1.165) is 38.5 Å². The molecule has 0 bridgehead atoms. The number of hydrogen-bond acceptors (Lipinski definition) is 1. The number of nitrogens with one attached hydrogen (secondary N) is 1. The Kier molecular flexibility index (Phi) is 11.4. The lowest BCUT2D eigenvalue weighted by molar-refractivity contribution is -0.119. The number of carbonyl (C=O) groups is 1. The normalized spacial score (nSPS) is 10.5. The Bertz CT molecular complexity index is 145. The smallest absolute Gasteiger partial charge is 0.132 e. The first-order valence-corrected chi connectivity index (χ1v) is 6.47. The van der Waals surface area contributed by atoms with Gasteiger partial charge in [0.15, 0.2) is 0 Å². The van der Waals surface area contributed by atoms with E-state index in [9.17, 15) is 4.79 Å². The highest BCUT2D eigenvalue weighted by Crippen LogP contribution is 2.08. The number of carbonyl (C=O) groups excluding carboxylic acids is 1. The van der Waals surface area contributed by atoms with Crippen molar-refractivity contribution in [1.29, 1.82) is 0 Å². The molecule has 0 aromatic heterocycles. The van der Waals surface area contributed by atoms with Gasteiger partial charge in [0.05, 0.1) is 0 Å². The van der Waals surface area contributed by atoms with Gasteiger partial charge in [0.1, 0.15) is 5.78 Å². The van der Waals surface area contributed by atoms with Gasteiger partial charge < -0.3 is 0 Å². The van der Waals surface area contributed by atoms with Crippen LogP contribution in [0.5, 0.6) is 0 Å². The van der Waals surface area contributed by atoms with E-state index in [4.69, 9.17) is 5.73 Å². The van der Waals surface area contributed by atoms with Crippen LogP contribution >= 0.6 is 0 Å². The van der Waals surface area contributed by atoms with Crippen molar-refractivity contribution in [2.24, 2.45) is 0 Å². The summed E-state index contributed by atoms with van der Waals surface area (Å²) < 4.78 is 0. The fourth-order valence-electron chi connectivity index (χ4n) is 1.65. The van der Waals surface area contributed by atoms with Crippen molar-refractivity contribution < 1.29 is 4.79 Å². The number of rotatable bonds is 11. The van der Waals surface area contributed by atoms with Crippen LogP contribution in [-0.2, 0) is 4.79 Å². The monoisotopic (exact) mass is 212 g/mol. The van der Waals surface area contributed by atoms with E-state index in [0.29, 0.717) is 12.3 Å². The van der Waals surface area contributed by atoms with Gasteiger partial charge in [0.25, 0.3) is 0 Å². The zero-order chi connectivity index (χ0) is 11.4. The largest absolute Gasteiger partial charge is 0.300 e. The molecule has 2 nitrogen and oxygen atoms in total. The Morgan fingerprint density at radius 3 is 2.00 bits per heavy atom. The van der Waals surface area contributed by atoms with Gasteiger partial charge >= 0.3 is 0 Å². The van der Waals surface area contributed by atoms with Crippen LogP contribution in [0.1, 0.15) is 71.1 Å². The number of hydrogen-bond donors (Lipinski definition) is 0. The van der Waals surface area contributed by atoms with Gasteiger partial charge in [-0.15, -0.1) is 0 Å². The average Bonchev–Trinajstić information content (AvgIpc) is 2.25. The average molecular weight is 212 g/mol. The van der Waals surface area contributed by atoms with Crippen molar-refractivity contribution in [3.63, 3.8) is 0 Å². The van der Waals surface area contributed by atoms with Crippen LogP contribution in [0.4, 0.5) is 0 Å². The third-order valence-corrected chi connectivity index (χ3v) is 2.69. The Balaban J connectivity index is 3.06. The third-order valence-electron chi connectivity index (χ3n) is 2.69. The molecule has 0 aromatic rings. The maximum atomic E-state index is 11.3. The quantitative estimate of drug-likeness (QED) is 0.481. The molecule has 0 saturated heterocycles. The molecule has 15 heavy (non-hydrogen) atoms. The minimum absolute atomic E-state index is 0.447. The van der Waals surface area contributed by atoms with Gasteiger partial charge in [-0.2, -0.15) is 0 Å². The van der Waals surface area contributed by atoms with Crippen molar-refractivity contribution in [2.75, 3.05) is 6.54 Å². The van der Waals surface area contributed by atoms with Crippen LogP contribution in [0.25, 0.3) is 0 Å². The second kappa shape index (κ2) is 11.7. The molecule has 0 aliphatic rings. The van der Waals surface area contributed by atoms with Gasteiger partial charge in [-0.1, -0.05) is 39.0 Å². The number of Topliss-reactive ketones (excluding diaryl/α,β-unsaturated/α-hetero) is 1. The van der Waals surface area contributed by atoms with E-state index < -0.39 is 0 Å². The van der Waals surface area contributed by atoms with Crippen LogP contribution in [0.2, 0.25) is 0 Å². The first-order valence-electron chi connectivity index (χ1n) is 6.47. The Morgan fingerprint density at radius 2 is 1.40 bits per heavy atom. The molecule has 0 aromatic carbocycles. The van der Waals surface area contributed by atoms with Crippen molar-refractivity contribution in [1.82, 2.24) is 5.73 Å². The first kappa shape index (κ1) is 14.6. The third kappa shape index (κ3) is 11.6. The topological polar surface area (TPSA) is 40.9 Å². The molecule has 1 N–H and O–H groups in total. The van der Waals surface area contributed by atoms with Crippen LogP contribution in [0.3, 0.4) is 0 Å². The lowest BCUT2D eigenvalue weighted by Gasteiger charge is -2.01. The molecule has 0 spiro atoms. The fourth-order valence-corrected chi connectivity index (χ4v) is 1.65. The summed E-state index contributed by atoms with van der Waals surface area (Å²) in [4.78, 5) is 11.3. The van der Waals surface area contributed by atoms with Crippen LogP contribution < -0.4 is 5.73 Å². The highest BCUT2D eigenvalue weighted by Gasteiger charge is 2.00. The summed E-state index contributed by atoms with van der Waals surface area (Å²) in [6, 6.07) is 0. The SMILES string of the molecule is CCCCC(=O)CCCCCCCC[NH]. The van der Waals surface area contributed by atoms with Crippen LogP contribution in [-0.4, -0.2) is 12.3 Å². The zero-order valence-corrected chi connectivity index (χ0v) is 10.2. The van der Waals surface area contributed by atoms with Crippen molar-refractivity contribution in [3.8, 4) is 0 Å². The fraction of sp³-hybridized carbons (Fsp3) is 0.923. The van der Waals surface area contributed by atoms with E-state index in [-0.39, 0.29) is 0 Å². The van der Waals surface area contributed by atoms with E-state index in [1.165, 1.54) is 25.7 Å². The molecule has 0 atom stereocenters. The molecule has 0 saturated carbocycles. The molecule has 2 heteroatoms. The minimum atomic E-state index is 0.447. The number of unbranched alkanes of at least 4 members (excludes halogenated alkanes) is 6. The summed E-state index contributed by atoms with van der Waals surface area (Å²) in [5, 5.41) is 0. The maximum absolute atomic E-state index is 11.3. The van der Waals surface area contributed by atoms with Gasteiger partial charge in [-0.25, -0.2) is 0 Å². The lowest BCUT2D eigenvalue weighted by Crippen LogP contribution is -1.97. The molecule has 0 aliphatic heterocycles. The summed E-state index contributed by atoms with van der Waals surface area (Å²) in [6.07, 6.45) is 10.7. The van der Waals surface area contributed by atoms with Crippen molar-refractivity contribution >= 4 is 5.78 Å². The summed E-state index contributed by atoms with van der Waals surface area (Å²) in [5.74, 6) is 0.447. The Morgan fingerprint density at radius 1 is 0.867 bits per heavy atom. The Labute approximate surface area is 94.6 Å². The molecule has 0 unspecified atom stereocenters. The zero-order valence-electron chi connectivity index (χ0n) is 10.2. The van der Waals surface area contributed by atoms with E-state index in [1.807, 2.05) is 0 Å². The molecule has 89 valence electrons. The molecule has 1 radical (unpaired) electrons. The second-order valence-electron chi connectivity index (χ2n) is 4.26. The maximum Gasteiger partial charge on any atom is 0.132 e. The van der Waals surface area contributed by atoms with Gasteiger partial charge in [0, 0.05) is 19.4 Å². The van der Waals surface area contributed by atoms with Crippen molar-refractivity contribution in [3.05, 3.63) is 0 Å². The molecule has 0 aliphatic carbocycles. The highest BCUT2D eigenvalue weighted by atomic mass is 16.1. The molecule has 0 rings (SSSR count). The highest BCUT2D eigenvalue weighted by molar-refractivity contribution is 5.78. The molecule has 0 amide bonds. The summed E-state index contributed by atoms with van der Waals surface area (Å²) in [6.45, 7) is 2.69. The molecular formula is C13H26NO. The summed E-state index contributed by atoms with van der Waals surface area (Å²) in [5.41, 5.74) is 7.00. The second-order valence-corrected chi connectivity index (χ2v) is 4.26. The summed E-state index contributed by atoms with van der Waals surface area (Å²) in [7, 11) is 0. The van der Waals surface area contributed by atoms with Crippen molar-refractivity contribution in [2.45, 2.75) is 71.1 Å². The lowest BCUT2D eigenvalue weighted by atomic mass is 10.0. The van der Waals surface area contributed by atoms with E-state index in [2.05, 4.69) is 6.92 Å². The van der Waals surface area contributed by atoms with Gasteiger partial charge in [-0.3, -0.25) is 10.5 Å². The number of ketones is 1. The van der Waals surface area contributed by atoms with Crippen LogP contribution in [0.15, 0.2) is 0 Å². The van der Waals surface area contributed by atoms with Crippen LogP contribution in [0, 0.1) is 0 Å². The molecular weight excluding hydrogens is 186 g/mol. The van der Waals surface area contributed by atoms with E-state index in [1.54, 1.807) is 0 Å².